The standard InChI is InChI=1S/C67H122N20O18/c1-10-38(4)56(66(104)82-48(29-37(2)3)61(99)84-51(35-90)63(101)81-45(19-11-14-24-68)58(96)75-31-54(93)77-47(20-12-15-25-69)60(98)79-44(41(7)92)21-17-27-73-42(8)71)86-65(103)53(23-13-16-26-70)87-40(6)30-49(67(87)105)83-64(102)52(36-91)85-62(100)50(34-89)78-55(94)32-76-59(97)46(22-18-28-74-43(9)72)80-57(95)39(5)33-88/h37-40,44-53,56,73,88-91H,8,10-36,68-71H2,1-7,9H3,(H2,72,74)(H,75,96)(H,76,97)(H,77,93)(H,78,94)(H,79,98)(H,80,95)(H,81,101)(H,82,104)(H,83,102)(H,84,99)(H,85,100)(H,86,103)/t38-,39-,40?,44-,45-,46-,47-,48-,49-,50-,51-,52-,53-,56-/m0/s1. The van der Waals surface area contributed by atoms with Crippen LogP contribution in [0.3, 0.4) is 0 Å². The van der Waals surface area contributed by atoms with Crippen molar-refractivity contribution in [2.75, 3.05) is 72.2 Å². The van der Waals surface area contributed by atoms with Crippen LogP contribution in [0.1, 0.15) is 158 Å². The second-order valence-corrected chi connectivity index (χ2v) is 26.8. The maximum Gasteiger partial charge on any atom is 0.246 e. The highest BCUT2D eigenvalue weighted by atomic mass is 16.3. The van der Waals surface area contributed by atoms with Crippen molar-refractivity contribution < 1.29 is 87.5 Å². The van der Waals surface area contributed by atoms with Crippen molar-refractivity contribution in [3.63, 3.8) is 0 Å². The van der Waals surface area contributed by atoms with Gasteiger partial charge in [0.25, 0.3) is 0 Å². The van der Waals surface area contributed by atoms with Crippen molar-refractivity contribution in [1.82, 2.24) is 79.3 Å². The van der Waals surface area contributed by atoms with Crippen LogP contribution >= 0.6 is 0 Å². The van der Waals surface area contributed by atoms with Crippen LogP contribution in [0.4, 0.5) is 0 Å². The van der Waals surface area contributed by atoms with Gasteiger partial charge >= 0.3 is 0 Å². The Balaban J connectivity index is 3.32. The van der Waals surface area contributed by atoms with Gasteiger partial charge in [-0.3, -0.25) is 72.5 Å². The summed E-state index contributed by atoms with van der Waals surface area (Å²) in [7, 11) is 0. The summed E-state index contributed by atoms with van der Waals surface area (Å²) in [5.74, 6) is -12.9. The summed E-state index contributed by atoms with van der Waals surface area (Å²) in [6.45, 7) is 12.8. The number of aliphatic hydroxyl groups excluding tert-OH is 4. The fourth-order valence-corrected chi connectivity index (χ4v) is 11.0. The third-order valence-electron chi connectivity index (χ3n) is 17.4. The van der Waals surface area contributed by atoms with Crippen molar-refractivity contribution in [3.05, 3.63) is 12.4 Å². The minimum Gasteiger partial charge on any atom is -0.396 e. The highest BCUT2D eigenvalue weighted by Crippen LogP contribution is 2.26. The highest BCUT2D eigenvalue weighted by Gasteiger charge is 2.46. The molecule has 0 aromatic carbocycles. The van der Waals surface area contributed by atoms with Gasteiger partial charge in [0.15, 0.2) is 5.78 Å². The number of carbonyl (C=O) groups is 14. The molecular formula is C67H122N20O18. The minimum absolute atomic E-state index is 0.00788. The first-order chi connectivity index (χ1) is 49.7. The molecule has 1 saturated heterocycles. The average Bonchev–Trinajstić information content (AvgIpc) is 1.66. The summed E-state index contributed by atoms with van der Waals surface area (Å²) in [5, 5.41) is 83.5. The highest BCUT2D eigenvalue weighted by molar-refractivity contribution is 6.00. The van der Waals surface area contributed by atoms with E-state index >= 15 is 0 Å². The zero-order valence-corrected chi connectivity index (χ0v) is 62.2. The molecule has 1 aliphatic rings. The third-order valence-corrected chi connectivity index (χ3v) is 17.4. The Kier molecular flexibility index (Phi) is 46.3. The SMILES string of the molecule is C=C(N)NCCC[C@H](NC(=O)[C@H](CCCCN)NC(=O)CNC(=O)[C@H](CCCCN)NC(=O)[C@H](CO)NC(=O)[C@H](CC(C)C)NC(=O)[C@@H](NC(=O)[C@H](CCCCN)N1C(=O)[C@@H](NC(=O)[C@H](CO)NC(=O)[C@H](CO)NC(=O)CNC(=O)[C@H](CCCNC(C)=N)NC(=O)[C@@H](C)CO)CC1C)[C@@H](C)CC)C(C)=O. The first-order valence-electron chi connectivity index (χ1n) is 36.1. The van der Waals surface area contributed by atoms with Gasteiger partial charge in [0.05, 0.1) is 63.1 Å². The van der Waals surface area contributed by atoms with Gasteiger partial charge in [-0.25, -0.2) is 0 Å². The van der Waals surface area contributed by atoms with Crippen LogP contribution in [0.15, 0.2) is 12.4 Å². The van der Waals surface area contributed by atoms with E-state index < -0.39 is 201 Å². The van der Waals surface area contributed by atoms with Crippen LogP contribution < -0.4 is 97.4 Å². The monoisotopic (exact) mass is 1490 g/mol. The molecule has 0 spiro atoms. The molecule has 105 heavy (non-hydrogen) atoms. The van der Waals surface area contributed by atoms with E-state index in [4.69, 9.17) is 28.3 Å². The molecule has 1 fully saturated rings. The maximum absolute atomic E-state index is 14.7. The smallest absolute Gasteiger partial charge is 0.246 e. The van der Waals surface area contributed by atoms with Crippen LogP contribution in [0.5, 0.6) is 0 Å². The number of likely N-dealkylation sites (tertiary alicyclic amines) is 1. The Morgan fingerprint density at radius 3 is 1.37 bits per heavy atom. The van der Waals surface area contributed by atoms with Gasteiger partial charge in [0, 0.05) is 19.1 Å². The molecule has 38 nitrogen and oxygen atoms in total. The van der Waals surface area contributed by atoms with Crippen LogP contribution in [-0.2, 0) is 67.1 Å². The van der Waals surface area contributed by atoms with Crippen molar-refractivity contribution >= 4 is 88.4 Å². The van der Waals surface area contributed by atoms with Crippen molar-refractivity contribution in [2.24, 2.45) is 40.7 Å². The van der Waals surface area contributed by atoms with E-state index in [1.165, 1.54) is 25.7 Å². The predicted octanol–water partition coefficient (Wildman–Crippen LogP) is -7.10. The molecule has 38 heteroatoms. The first-order valence-corrected chi connectivity index (χ1v) is 36.1. The Hall–Kier alpha value is -8.69. The molecular weight excluding hydrogens is 1370 g/mol. The Morgan fingerprint density at radius 1 is 0.495 bits per heavy atom. The molecule has 0 aromatic heterocycles. The number of ketones is 1. The Morgan fingerprint density at radius 2 is 0.905 bits per heavy atom. The van der Waals surface area contributed by atoms with Crippen molar-refractivity contribution in [3.8, 4) is 0 Å². The number of aliphatic hydroxyl groups is 4. The molecule has 0 bridgehead atoms. The molecule has 27 N–H and O–H groups in total. The summed E-state index contributed by atoms with van der Waals surface area (Å²) in [4.78, 5) is 192. The molecule has 1 aliphatic heterocycles. The number of amidine groups is 1. The number of Topliss-reactive ketones (excluding diaryl/α,β-unsaturated/α-hetero) is 1. The van der Waals surface area contributed by atoms with E-state index in [0.29, 0.717) is 70.9 Å². The topological polar surface area (TPSA) is 619 Å². The lowest BCUT2D eigenvalue weighted by molar-refractivity contribution is -0.142. The molecule has 0 radical (unpaired) electrons. The Bertz CT molecular complexity index is 2860. The van der Waals surface area contributed by atoms with Crippen LogP contribution in [0.25, 0.3) is 0 Å². The van der Waals surface area contributed by atoms with Gasteiger partial charge in [-0.15, -0.1) is 0 Å². The van der Waals surface area contributed by atoms with E-state index in [9.17, 15) is 87.5 Å². The van der Waals surface area contributed by atoms with E-state index in [1.807, 2.05) is 0 Å². The number of rotatable bonds is 55. The second kappa shape index (κ2) is 51.5. The van der Waals surface area contributed by atoms with E-state index in [2.05, 4.69) is 81.0 Å². The van der Waals surface area contributed by atoms with E-state index in [0.717, 1.165) is 0 Å². The van der Waals surface area contributed by atoms with E-state index in [-0.39, 0.29) is 87.9 Å². The largest absolute Gasteiger partial charge is 0.396 e. The van der Waals surface area contributed by atoms with Crippen molar-refractivity contribution in [1.29, 1.82) is 5.41 Å². The summed E-state index contributed by atoms with van der Waals surface area (Å²) < 4.78 is 0. The second-order valence-electron chi connectivity index (χ2n) is 26.8. The van der Waals surface area contributed by atoms with Gasteiger partial charge in [-0.1, -0.05) is 47.6 Å². The molecule has 0 aromatic rings. The minimum atomic E-state index is -1.76. The lowest BCUT2D eigenvalue weighted by Gasteiger charge is -2.33. The number of amides is 13. The third kappa shape index (κ3) is 35.8. The summed E-state index contributed by atoms with van der Waals surface area (Å²) >= 11 is 0. The maximum atomic E-state index is 14.7. The van der Waals surface area contributed by atoms with Crippen LogP contribution in [0.2, 0.25) is 0 Å². The normalized spacial score (nSPS) is 16.8. The van der Waals surface area contributed by atoms with Gasteiger partial charge in [0.2, 0.25) is 76.8 Å². The summed E-state index contributed by atoms with van der Waals surface area (Å²) in [6.07, 6.45) is 3.84. The molecule has 0 aliphatic carbocycles. The number of hydrogen-bond donors (Lipinski definition) is 23. The van der Waals surface area contributed by atoms with Gasteiger partial charge in [-0.05, 0) is 149 Å². The Labute approximate surface area is 614 Å². The van der Waals surface area contributed by atoms with Gasteiger partial charge < -0.3 is 123 Å². The lowest BCUT2D eigenvalue weighted by Crippen LogP contribution is -2.61. The molecule has 1 rings (SSSR count). The number of nitrogens with two attached hydrogens (primary N) is 4. The number of nitrogens with one attached hydrogen (secondary N) is 15. The zero-order chi connectivity index (χ0) is 79.5. The molecule has 13 amide bonds. The fraction of sp³-hybridized carbons (Fsp3) is 0.746. The first kappa shape index (κ1) is 94.3. The predicted molar refractivity (Wildman–Crippen MR) is 387 cm³/mol. The molecule has 0 saturated carbocycles. The zero-order valence-electron chi connectivity index (χ0n) is 62.2. The summed E-state index contributed by atoms with van der Waals surface area (Å²) in [5.41, 5.74) is 22.8. The number of carbonyl (C=O) groups excluding carboxylic acids is 14. The van der Waals surface area contributed by atoms with E-state index in [1.54, 1.807) is 34.6 Å². The number of hydrogen-bond acceptors (Lipinski definition) is 24. The van der Waals surface area contributed by atoms with Crippen LogP contribution in [0, 0.1) is 23.2 Å². The lowest BCUT2D eigenvalue weighted by atomic mass is 9.95. The molecule has 14 atom stereocenters. The molecule has 1 unspecified atom stereocenters. The molecule has 598 valence electrons. The van der Waals surface area contributed by atoms with Gasteiger partial charge in [0.1, 0.15) is 60.4 Å². The quantitative estimate of drug-likeness (QED) is 0.0153. The molecule has 1 heterocycles. The fourth-order valence-electron chi connectivity index (χ4n) is 11.0. The average molecular weight is 1500 g/mol. The summed E-state index contributed by atoms with van der Waals surface area (Å²) in [6, 6.07) is -15.8. The van der Waals surface area contributed by atoms with Crippen LogP contribution in [-0.4, -0.2) is 258 Å². The van der Waals surface area contributed by atoms with Crippen molar-refractivity contribution in [2.45, 2.75) is 231 Å². The number of unbranched alkanes of at least 4 members (excludes halogenated alkanes) is 3. The number of nitrogens with zero attached hydrogens (tertiary/aromatic N) is 1. The van der Waals surface area contributed by atoms with Gasteiger partial charge in [-0.2, -0.15) is 0 Å².